The molecule has 0 spiro atoms. The zero-order valence-electron chi connectivity index (χ0n) is 30.9. The van der Waals surface area contributed by atoms with Gasteiger partial charge in [-0.25, -0.2) is 0 Å². The summed E-state index contributed by atoms with van der Waals surface area (Å²) in [7, 11) is 0. The highest BCUT2D eigenvalue weighted by atomic mass is 16.3. The Labute approximate surface area is 328 Å². The van der Waals surface area contributed by atoms with E-state index in [1.807, 2.05) is 12.1 Å². The Kier molecular flexibility index (Phi) is 6.93. The molecule has 57 heavy (non-hydrogen) atoms. The molecule has 0 aliphatic carbocycles. The van der Waals surface area contributed by atoms with Crippen molar-refractivity contribution in [3.05, 3.63) is 206 Å². The summed E-state index contributed by atoms with van der Waals surface area (Å²) in [6, 6.07) is 74.6. The molecule has 3 nitrogen and oxygen atoms in total. The van der Waals surface area contributed by atoms with Crippen molar-refractivity contribution in [3.63, 3.8) is 0 Å². The van der Waals surface area contributed by atoms with Crippen molar-refractivity contribution in [2.45, 2.75) is 0 Å². The Balaban J connectivity index is 0.979. The maximum Gasteiger partial charge on any atom is 0.135 e. The molecule has 9 aromatic carbocycles. The first kappa shape index (κ1) is 31.7. The van der Waals surface area contributed by atoms with Crippen LogP contribution in [0.5, 0.6) is 0 Å². The summed E-state index contributed by atoms with van der Waals surface area (Å²) in [5.74, 6) is 0. The van der Waals surface area contributed by atoms with Crippen LogP contribution in [0, 0.1) is 0 Å². The van der Waals surface area contributed by atoms with Gasteiger partial charge in [-0.15, -0.1) is 0 Å². The van der Waals surface area contributed by atoms with Gasteiger partial charge in [0, 0.05) is 43.7 Å². The number of benzene rings is 9. The number of aromatic nitrogens is 2. The number of rotatable bonds is 5. The summed E-state index contributed by atoms with van der Waals surface area (Å²) in [6.07, 6.45) is 0. The second-order valence-electron chi connectivity index (χ2n) is 14.9. The topological polar surface area (TPSA) is 23.0 Å². The Morgan fingerprint density at radius 1 is 0.246 bits per heavy atom. The molecule has 0 saturated carbocycles. The summed E-state index contributed by atoms with van der Waals surface area (Å²) < 4.78 is 11.0. The second-order valence-corrected chi connectivity index (χ2v) is 14.9. The fraction of sp³-hybridized carbons (Fsp3) is 0. The zero-order valence-corrected chi connectivity index (χ0v) is 30.9. The average molecular weight is 727 g/mol. The minimum Gasteiger partial charge on any atom is -0.456 e. The van der Waals surface area contributed by atoms with Crippen LogP contribution in [-0.2, 0) is 0 Å². The van der Waals surface area contributed by atoms with Crippen molar-refractivity contribution in [1.82, 2.24) is 9.13 Å². The van der Waals surface area contributed by atoms with E-state index in [1.165, 1.54) is 77.0 Å². The van der Waals surface area contributed by atoms with Gasteiger partial charge in [0.05, 0.1) is 22.1 Å². The smallest absolute Gasteiger partial charge is 0.135 e. The minimum absolute atomic E-state index is 0.904. The van der Waals surface area contributed by atoms with Gasteiger partial charge in [0.25, 0.3) is 0 Å². The van der Waals surface area contributed by atoms with Gasteiger partial charge < -0.3 is 13.6 Å². The normalized spacial score (nSPS) is 11.9. The van der Waals surface area contributed by atoms with Crippen molar-refractivity contribution in [3.8, 4) is 44.8 Å². The molecule has 266 valence electrons. The highest BCUT2D eigenvalue weighted by Crippen LogP contribution is 2.40. The molecule has 12 rings (SSSR count). The van der Waals surface area contributed by atoms with Gasteiger partial charge in [0.15, 0.2) is 0 Å². The summed E-state index contributed by atoms with van der Waals surface area (Å²) in [5, 5.41) is 7.21. The summed E-state index contributed by atoms with van der Waals surface area (Å²) in [5.41, 5.74) is 16.1. The molecule has 0 aliphatic heterocycles. The number of hydrogen-bond donors (Lipinski definition) is 0. The first-order chi connectivity index (χ1) is 28.2. The third-order valence-electron chi connectivity index (χ3n) is 11.7. The Hall–Kier alpha value is -7.62. The van der Waals surface area contributed by atoms with Crippen LogP contribution in [0.25, 0.3) is 110 Å². The number of furan rings is 1. The van der Waals surface area contributed by atoms with E-state index in [-0.39, 0.29) is 0 Å². The SMILES string of the molecule is c1ccc(-c2cccc(-c3cccc(-n4c5ccccc5c5cc(-c6ccc7c(c6)c6ccccc6n7-c6ccc7oc8ccccc8c7c6)ccc54)c3)c2)cc1. The molecule has 0 N–H and O–H groups in total. The third-order valence-corrected chi connectivity index (χ3v) is 11.7. The molecule has 0 radical (unpaired) electrons. The number of fused-ring (bicyclic) bond motifs is 9. The van der Waals surface area contributed by atoms with E-state index >= 15 is 0 Å². The lowest BCUT2D eigenvalue weighted by molar-refractivity contribution is 0.669. The highest BCUT2D eigenvalue weighted by Gasteiger charge is 2.17. The summed E-state index contributed by atoms with van der Waals surface area (Å²) in [6.45, 7) is 0. The van der Waals surface area contributed by atoms with Crippen molar-refractivity contribution in [2.75, 3.05) is 0 Å². The first-order valence-electron chi connectivity index (χ1n) is 19.5. The molecule has 0 atom stereocenters. The lowest BCUT2D eigenvalue weighted by Gasteiger charge is -2.12. The van der Waals surface area contributed by atoms with Gasteiger partial charge in [-0.05, 0) is 112 Å². The van der Waals surface area contributed by atoms with Crippen LogP contribution in [-0.4, -0.2) is 9.13 Å². The monoisotopic (exact) mass is 726 g/mol. The molecular weight excluding hydrogens is 693 g/mol. The van der Waals surface area contributed by atoms with Crippen molar-refractivity contribution in [1.29, 1.82) is 0 Å². The second kappa shape index (κ2) is 12.5. The fourth-order valence-corrected chi connectivity index (χ4v) is 9.05. The van der Waals surface area contributed by atoms with Gasteiger partial charge in [-0.3, -0.25) is 0 Å². The van der Waals surface area contributed by atoms with Crippen LogP contribution in [0.4, 0.5) is 0 Å². The van der Waals surface area contributed by atoms with Gasteiger partial charge in [-0.1, -0.05) is 127 Å². The zero-order chi connectivity index (χ0) is 37.5. The standard InChI is InChI=1S/C54H34N2O/c1-2-12-35(13-3-1)36-14-10-15-37(30-36)38-16-11-17-41(31-38)55-49-21-7-4-18-43(49)46-32-39(24-27-51(46)55)40-25-28-52-47(33-40)44-19-5-8-22-50(44)56(52)42-26-29-54-48(34-42)45-20-6-9-23-53(45)57-54/h1-34H. The molecule has 3 heterocycles. The van der Waals surface area contributed by atoms with Gasteiger partial charge in [-0.2, -0.15) is 0 Å². The molecule has 0 bridgehead atoms. The van der Waals surface area contributed by atoms with E-state index in [1.54, 1.807) is 0 Å². The van der Waals surface area contributed by atoms with E-state index in [9.17, 15) is 0 Å². The first-order valence-corrected chi connectivity index (χ1v) is 19.5. The van der Waals surface area contributed by atoms with Crippen LogP contribution in [0.2, 0.25) is 0 Å². The molecule has 0 amide bonds. The van der Waals surface area contributed by atoms with E-state index in [4.69, 9.17) is 4.42 Å². The maximum atomic E-state index is 6.18. The van der Waals surface area contributed by atoms with Crippen LogP contribution in [0.15, 0.2) is 211 Å². The number of para-hydroxylation sites is 3. The Morgan fingerprint density at radius 3 is 1.40 bits per heavy atom. The van der Waals surface area contributed by atoms with Crippen LogP contribution in [0.1, 0.15) is 0 Å². The molecular formula is C54H34N2O. The number of nitrogens with zero attached hydrogens (tertiary/aromatic N) is 2. The quantitative estimate of drug-likeness (QED) is 0.173. The lowest BCUT2D eigenvalue weighted by Crippen LogP contribution is -1.94. The summed E-state index contributed by atoms with van der Waals surface area (Å²) in [4.78, 5) is 0. The molecule has 3 heteroatoms. The Bertz CT molecular complexity index is 3530. The van der Waals surface area contributed by atoms with Crippen molar-refractivity contribution in [2.24, 2.45) is 0 Å². The van der Waals surface area contributed by atoms with Crippen LogP contribution < -0.4 is 0 Å². The predicted molar refractivity (Wildman–Crippen MR) is 239 cm³/mol. The summed E-state index contributed by atoms with van der Waals surface area (Å²) >= 11 is 0. The molecule has 12 aromatic rings. The van der Waals surface area contributed by atoms with Crippen LogP contribution >= 0.6 is 0 Å². The molecule has 0 fully saturated rings. The molecule has 0 unspecified atom stereocenters. The van der Waals surface area contributed by atoms with Crippen molar-refractivity contribution >= 4 is 65.6 Å². The Morgan fingerprint density at radius 2 is 0.719 bits per heavy atom. The minimum atomic E-state index is 0.904. The van der Waals surface area contributed by atoms with E-state index in [2.05, 4.69) is 203 Å². The molecule has 0 aliphatic rings. The van der Waals surface area contributed by atoms with Gasteiger partial charge in [0.1, 0.15) is 11.2 Å². The molecule has 3 aromatic heterocycles. The van der Waals surface area contributed by atoms with Crippen LogP contribution in [0.3, 0.4) is 0 Å². The third kappa shape index (κ3) is 4.99. The van der Waals surface area contributed by atoms with Gasteiger partial charge >= 0.3 is 0 Å². The fourth-order valence-electron chi connectivity index (χ4n) is 9.05. The lowest BCUT2D eigenvalue weighted by atomic mass is 9.99. The predicted octanol–water partition coefficient (Wildman–Crippen LogP) is 14.8. The maximum absolute atomic E-state index is 6.18. The molecule has 0 saturated heterocycles. The largest absolute Gasteiger partial charge is 0.456 e. The van der Waals surface area contributed by atoms with Crippen molar-refractivity contribution < 1.29 is 4.42 Å². The van der Waals surface area contributed by atoms with E-state index in [0.29, 0.717) is 0 Å². The average Bonchev–Trinajstić information content (AvgIpc) is 3.94. The van der Waals surface area contributed by atoms with E-state index in [0.717, 1.165) is 33.3 Å². The number of hydrogen-bond acceptors (Lipinski definition) is 1. The van der Waals surface area contributed by atoms with Gasteiger partial charge in [0.2, 0.25) is 0 Å². The van der Waals surface area contributed by atoms with E-state index < -0.39 is 0 Å². The highest BCUT2D eigenvalue weighted by molar-refractivity contribution is 6.13.